The molecule has 0 amide bonds. The molecule has 1 aliphatic rings. The largest absolute Gasteiger partial charge is 0.406 e. The van der Waals surface area contributed by atoms with Gasteiger partial charge in [-0.15, -0.1) is 5.10 Å². The number of hydrogen-bond acceptors (Lipinski definition) is 6. The van der Waals surface area contributed by atoms with Crippen LogP contribution in [0.1, 0.15) is 52.0 Å². The van der Waals surface area contributed by atoms with Gasteiger partial charge in [-0.3, -0.25) is 0 Å². The maximum absolute atomic E-state index is 5.63. The van der Waals surface area contributed by atoms with Gasteiger partial charge in [-0.05, 0) is 39.7 Å². The van der Waals surface area contributed by atoms with Crippen molar-refractivity contribution < 1.29 is 9.15 Å². The maximum atomic E-state index is 5.63. The summed E-state index contributed by atoms with van der Waals surface area (Å²) in [6.45, 7) is 8.03. The number of nitrogens with one attached hydrogen (secondary N) is 2. The Morgan fingerprint density at radius 1 is 1.37 bits per heavy atom. The van der Waals surface area contributed by atoms with Gasteiger partial charge in [0.15, 0.2) is 0 Å². The number of rotatable bonds is 7. The van der Waals surface area contributed by atoms with Gasteiger partial charge in [-0.1, -0.05) is 12.0 Å². The Balaban J connectivity index is 1.85. The highest BCUT2D eigenvalue weighted by Crippen LogP contribution is 2.19. The summed E-state index contributed by atoms with van der Waals surface area (Å²) in [7, 11) is 0. The summed E-state index contributed by atoms with van der Waals surface area (Å²) in [6, 6.07) is 0.749. The van der Waals surface area contributed by atoms with Crippen LogP contribution < -0.4 is 10.6 Å². The Labute approximate surface area is 114 Å². The quantitative estimate of drug-likeness (QED) is 0.789. The van der Waals surface area contributed by atoms with Crippen molar-refractivity contribution in [1.29, 1.82) is 0 Å². The smallest absolute Gasteiger partial charge is 0.315 e. The van der Waals surface area contributed by atoms with Crippen molar-refractivity contribution >= 4 is 6.01 Å². The van der Waals surface area contributed by atoms with Gasteiger partial charge in [-0.25, -0.2) is 0 Å². The number of anilines is 1. The van der Waals surface area contributed by atoms with Crippen LogP contribution in [0.4, 0.5) is 6.01 Å². The van der Waals surface area contributed by atoms with Gasteiger partial charge in [0.2, 0.25) is 5.89 Å². The van der Waals surface area contributed by atoms with E-state index in [1.165, 1.54) is 0 Å². The van der Waals surface area contributed by atoms with Gasteiger partial charge in [0.05, 0.1) is 18.2 Å². The molecule has 1 aromatic rings. The lowest BCUT2D eigenvalue weighted by Gasteiger charge is -2.18. The summed E-state index contributed by atoms with van der Waals surface area (Å²) in [5.41, 5.74) is 0. The Kier molecular flexibility index (Phi) is 5.15. The lowest BCUT2D eigenvalue weighted by atomic mass is 10.1. The standard InChI is InChI=1S/C13H24N4O2/c1-4-7-14-10(3)12-16-17-13(19-12)15-9(2)11-6-5-8-18-11/h9-11,14H,4-8H2,1-3H3,(H,15,17). The molecule has 1 aliphatic heterocycles. The second kappa shape index (κ2) is 6.86. The second-order valence-electron chi connectivity index (χ2n) is 5.11. The molecule has 0 spiro atoms. The normalized spacial score (nSPS) is 22.4. The van der Waals surface area contributed by atoms with Gasteiger partial charge in [0, 0.05) is 6.61 Å². The van der Waals surface area contributed by atoms with E-state index < -0.39 is 0 Å². The maximum Gasteiger partial charge on any atom is 0.315 e. The lowest BCUT2D eigenvalue weighted by molar-refractivity contribution is 0.0989. The molecule has 0 aromatic carbocycles. The average molecular weight is 268 g/mol. The Morgan fingerprint density at radius 2 is 2.21 bits per heavy atom. The highest BCUT2D eigenvalue weighted by molar-refractivity contribution is 5.20. The van der Waals surface area contributed by atoms with Crippen LogP contribution in [0.3, 0.4) is 0 Å². The van der Waals surface area contributed by atoms with Crippen LogP contribution in [0.2, 0.25) is 0 Å². The van der Waals surface area contributed by atoms with Crippen molar-refractivity contribution in [3.05, 3.63) is 5.89 Å². The Morgan fingerprint density at radius 3 is 2.89 bits per heavy atom. The molecule has 1 fully saturated rings. The molecule has 1 saturated heterocycles. The van der Waals surface area contributed by atoms with Crippen molar-refractivity contribution in [2.24, 2.45) is 0 Å². The zero-order valence-electron chi connectivity index (χ0n) is 12.0. The van der Waals surface area contributed by atoms with Crippen LogP contribution >= 0.6 is 0 Å². The molecule has 19 heavy (non-hydrogen) atoms. The molecule has 0 bridgehead atoms. The summed E-state index contributed by atoms with van der Waals surface area (Å²) in [5, 5.41) is 14.6. The van der Waals surface area contributed by atoms with Gasteiger partial charge in [-0.2, -0.15) is 0 Å². The minimum absolute atomic E-state index is 0.0843. The molecule has 6 heteroatoms. The lowest BCUT2D eigenvalue weighted by Crippen LogP contribution is -2.30. The topological polar surface area (TPSA) is 72.2 Å². The molecular weight excluding hydrogens is 244 g/mol. The van der Waals surface area contributed by atoms with Gasteiger partial charge in [0.25, 0.3) is 0 Å². The molecular formula is C13H24N4O2. The molecule has 3 atom stereocenters. The minimum Gasteiger partial charge on any atom is -0.406 e. The van der Waals surface area contributed by atoms with E-state index in [9.17, 15) is 0 Å². The average Bonchev–Trinajstić information content (AvgIpc) is 3.06. The van der Waals surface area contributed by atoms with Crippen molar-refractivity contribution in [2.75, 3.05) is 18.5 Å². The summed E-state index contributed by atoms with van der Waals surface area (Å²) < 4.78 is 11.3. The summed E-state index contributed by atoms with van der Waals surface area (Å²) >= 11 is 0. The van der Waals surface area contributed by atoms with Crippen LogP contribution in [-0.2, 0) is 4.74 Å². The van der Waals surface area contributed by atoms with E-state index in [0.29, 0.717) is 11.9 Å². The zero-order valence-corrected chi connectivity index (χ0v) is 12.0. The van der Waals surface area contributed by atoms with Crippen LogP contribution in [0.15, 0.2) is 4.42 Å². The van der Waals surface area contributed by atoms with Crippen LogP contribution in [0, 0.1) is 0 Å². The van der Waals surface area contributed by atoms with Gasteiger partial charge < -0.3 is 19.8 Å². The van der Waals surface area contributed by atoms with E-state index in [1.54, 1.807) is 0 Å². The first-order valence-electron chi connectivity index (χ1n) is 7.15. The summed E-state index contributed by atoms with van der Waals surface area (Å²) in [4.78, 5) is 0. The van der Waals surface area contributed by atoms with Crippen molar-refractivity contribution in [1.82, 2.24) is 15.5 Å². The molecule has 108 valence electrons. The first kappa shape index (κ1) is 14.3. The van der Waals surface area contributed by atoms with E-state index in [4.69, 9.17) is 9.15 Å². The molecule has 0 saturated carbocycles. The predicted octanol–water partition coefficient (Wildman–Crippen LogP) is 2.11. The first-order chi connectivity index (χ1) is 9.20. The molecule has 2 heterocycles. The van der Waals surface area contributed by atoms with Crippen LogP contribution in [0.25, 0.3) is 0 Å². The van der Waals surface area contributed by atoms with Crippen molar-refractivity contribution in [2.45, 2.75) is 58.2 Å². The third kappa shape index (κ3) is 3.91. The summed E-state index contributed by atoms with van der Waals surface area (Å²) in [6.07, 6.45) is 3.54. The number of aromatic nitrogens is 2. The van der Waals surface area contributed by atoms with Crippen LogP contribution in [0.5, 0.6) is 0 Å². The predicted molar refractivity (Wildman–Crippen MR) is 73.1 cm³/mol. The fourth-order valence-electron chi connectivity index (χ4n) is 2.20. The molecule has 3 unspecified atom stereocenters. The highest BCUT2D eigenvalue weighted by atomic mass is 16.5. The molecule has 6 nitrogen and oxygen atoms in total. The van der Waals surface area contributed by atoms with E-state index in [0.717, 1.165) is 32.4 Å². The van der Waals surface area contributed by atoms with E-state index >= 15 is 0 Å². The van der Waals surface area contributed by atoms with Crippen LogP contribution in [-0.4, -0.2) is 35.5 Å². The monoisotopic (exact) mass is 268 g/mol. The first-order valence-corrected chi connectivity index (χ1v) is 7.15. The molecule has 2 N–H and O–H groups in total. The van der Waals surface area contributed by atoms with E-state index in [2.05, 4.69) is 34.7 Å². The fraction of sp³-hybridized carbons (Fsp3) is 0.846. The summed E-state index contributed by atoms with van der Waals surface area (Å²) in [5.74, 6) is 0.621. The second-order valence-corrected chi connectivity index (χ2v) is 5.11. The van der Waals surface area contributed by atoms with Crippen molar-refractivity contribution in [3.8, 4) is 0 Å². The van der Waals surface area contributed by atoms with E-state index in [-0.39, 0.29) is 18.2 Å². The fourth-order valence-corrected chi connectivity index (χ4v) is 2.20. The highest BCUT2D eigenvalue weighted by Gasteiger charge is 2.24. The number of nitrogens with zero attached hydrogens (tertiary/aromatic N) is 2. The van der Waals surface area contributed by atoms with Gasteiger partial charge >= 0.3 is 6.01 Å². The number of ether oxygens (including phenoxy) is 1. The molecule has 0 aliphatic carbocycles. The van der Waals surface area contributed by atoms with Gasteiger partial charge in [0.1, 0.15) is 0 Å². The minimum atomic E-state index is 0.0843. The Hall–Kier alpha value is -1.14. The molecule has 2 rings (SSSR count). The third-order valence-electron chi connectivity index (χ3n) is 3.39. The van der Waals surface area contributed by atoms with E-state index in [1.807, 2.05) is 6.92 Å². The van der Waals surface area contributed by atoms with Crippen molar-refractivity contribution in [3.63, 3.8) is 0 Å². The Bertz CT molecular complexity index is 376. The molecule has 0 radical (unpaired) electrons. The SMILES string of the molecule is CCCNC(C)c1nnc(NC(C)C2CCCO2)o1. The third-order valence-corrected chi connectivity index (χ3v) is 3.39. The zero-order chi connectivity index (χ0) is 13.7. The number of hydrogen-bond donors (Lipinski definition) is 2. The molecule has 1 aromatic heterocycles.